The monoisotopic (exact) mass is 487 g/mol. The first kappa shape index (κ1) is 28.4. The van der Waals surface area contributed by atoms with E-state index in [9.17, 15) is 24.0 Å². The van der Waals surface area contributed by atoms with Gasteiger partial charge in [-0.25, -0.2) is 14.4 Å². The van der Waals surface area contributed by atoms with Gasteiger partial charge in [0.1, 0.15) is 11.6 Å². The summed E-state index contributed by atoms with van der Waals surface area (Å²) in [7, 11) is -1.40. The van der Waals surface area contributed by atoms with Gasteiger partial charge in [0.15, 0.2) is 0 Å². The van der Waals surface area contributed by atoms with Crippen molar-refractivity contribution in [3.05, 3.63) is 0 Å². The lowest BCUT2D eigenvalue weighted by Gasteiger charge is -2.21. The first-order valence-electron chi connectivity index (χ1n) is 11.2. The van der Waals surface area contributed by atoms with Crippen molar-refractivity contribution in [3.63, 3.8) is 0 Å². The number of nitrogens with one attached hydrogen (secondary N) is 2. The van der Waals surface area contributed by atoms with Crippen LogP contribution in [0.15, 0.2) is 0 Å². The van der Waals surface area contributed by atoms with Crippen LogP contribution in [-0.2, 0) is 28.7 Å². The van der Waals surface area contributed by atoms with E-state index in [-0.39, 0.29) is 25.9 Å². The highest BCUT2D eigenvalue weighted by molar-refractivity contribution is 6.76. The Kier molecular flexibility index (Phi) is 10.8. The van der Waals surface area contributed by atoms with Gasteiger partial charge in [-0.3, -0.25) is 9.59 Å². The zero-order valence-electron chi connectivity index (χ0n) is 20.4. The number of alkyl carbamates (subject to hydrolysis) is 2. The molecule has 1 heterocycles. The van der Waals surface area contributed by atoms with Crippen LogP contribution in [0.25, 0.3) is 0 Å². The summed E-state index contributed by atoms with van der Waals surface area (Å²) in [5.74, 6) is -2.14. The molecule has 1 rings (SSSR count). The summed E-state index contributed by atoms with van der Waals surface area (Å²) in [6.07, 6.45) is -0.286. The zero-order chi connectivity index (χ0) is 25.2. The maximum atomic E-state index is 12.6. The number of hydrogen-bond donors (Lipinski definition) is 2. The number of hydrogen-bond acceptors (Lipinski definition) is 8. The number of ether oxygens (including phenoxy) is 2. The molecule has 0 aromatic carbocycles. The molecule has 1 atom stereocenters. The summed E-state index contributed by atoms with van der Waals surface area (Å²) in [6, 6.07) is -0.352. The van der Waals surface area contributed by atoms with Gasteiger partial charge in [0.25, 0.3) is 11.8 Å². The largest absolute Gasteiger partial charge is 0.450 e. The molecule has 188 valence electrons. The van der Waals surface area contributed by atoms with Crippen molar-refractivity contribution in [2.45, 2.75) is 90.2 Å². The molecule has 12 heteroatoms. The molecular formula is C21H37N3O8Si. The van der Waals surface area contributed by atoms with Gasteiger partial charge in [0.05, 0.1) is 6.61 Å². The van der Waals surface area contributed by atoms with Gasteiger partial charge in [-0.15, -0.1) is 5.06 Å². The number of unbranched alkanes of at least 4 members (excludes halogenated alkanes) is 1. The zero-order valence-corrected chi connectivity index (χ0v) is 21.4. The van der Waals surface area contributed by atoms with Gasteiger partial charge >= 0.3 is 18.2 Å². The normalized spacial score (nSPS) is 15.2. The Bertz CT molecular complexity index is 714. The first-order valence-corrected chi connectivity index (χ1v) is 14.9. The molecule has 0 bridgehead atoms. The number of carbonyl (C=O) groups excluding carboxylic acids is 5. The van der Waals surface area contributed by atoms with Crippen LogP contribution in [0.1, 0.15) is 52.9 Å². The summed E-state index contributed by atoms with van der Waals surface area (Å²) >= 11 is 0. The standard InChI is InChI=1S/C21H37N3O8Si/c1-21(2,3)31-19(28)22-12-8-7-9-15(23-20(29)30-13-14-33(4,5)6)18(27)32-24-16(25)10-11-17(24)26/h15H,7-14H2,1-6H3,(H,22,28)(H,23,29)/t15-/m0/s1. The van der Waals surface area contributed by atoms with Crippen LogP contribution >= 0.6 is 0 Å². The van der Waals surface area contributed by atoms with Crippen molar-refractivity contribution >= 4 is 38.0 Å². The van der Waals surface area contributed by atoms with E-state index < -0.39 is 49.7 Å². The Labute approximate surface area is 195 Å². The van der Waals surface area contributed by atoms with Gasteiger partial charge in [-0.2, -0.15) is 0 Å². The summed E-state index contributed by atoms with van der Waals surface area (Å²) < 4.78 is 10.3. The van der Waals surface area contributed by atoms with Crippen molar-refractivity contribution in [1.29, 1.82) is 0 Å². The molecule has 1 aliphatic heterocycles. The van der Waals surface area contributed by atoms with Crippen LogP contribution in [0, 0.1) is 0 Å². The lowest BCUT2D eigenvalue weighted by atomic mass is 10.1. The number of imide groups is 1. The van der Waals surface area contributed by atoms with Gasteiger partial charge < -0.3 is 24.9 Å². The second-order valence-corrected chi connectivity index (χ2v) is 15.7. The number of hydroxylamine groups is 2. The highest BCUT2D eigenvalue weighted by Crippen LogP contribution is 2.14. The molecule has 1 saturated heterocycles. The minimum Gasteiger partial charge on any atom is -0.450 e. The SMILES string of the molecule is CC(C)(C)OC(=O)NCCCC[C@H](NC(=O)OCC[Si](C)(C)C)C(=O)ON1C(=O)CCC1=O. The topological polar surface area (TPSA) is 140 Å². The molecule has 0 aromatic heterocycles. The highest BCUT2D eigenvalue weighted by atomic mass is 28.3. The van der Waals surface area contributed by atoms with E-state index in [0.717, 1.165) is 6.04 Å². The highest BCUT2D eigenvalue weighted by Gasteiger charge is 2.35. The summed E-state index contributed by atoms with van der Waals surface area (Å²) in [5, 5.41) is 5.51. The molecule has 0 unspecified atom stereocenters. The molecule has 2 N–H and O–H groups in total. The molecule has 1 fully saturated rings. The second kappa shape index (κ2) is 12.6. The number of carbonyl (C=O) groups is 5. The number of amides is 4. The van der Waals surface area contributed by atoms with Crippen molar-refractivity contribution in [2.24, 2.45) is 0 Å². The molecule has 0 saturated carbocycles. The Balaban J connectivity index is 2.58. The van der Waals surface area contributed by atoms with Crippen LogP contribution in [0.5, 0.6) is 0 Å². The maximum absolute atomic E-state index is 12.6. The molecule has 0 radical (unpaired) electrons. The van der Waals surface area contributed by atoms with Crippen LogP contribution in [0.2, 0.25) is 25.7 Å². The van der Waals surface area contributed by atoms with E-state index >= 15 is 0 Å². The van der Waals surface area contributed by atoms with E-state index in [4.69, 9.17) is 14.3 Å². The smallest absolute Gasteiger partial charge is 0.407 e. The van der Waals surface area contributed by atoms with Crippen molar-refractivity contribution < 1.29 is 38.3 Å². The summed E-state index contributed by atoms with van der Waals surface area (Å²) in [4.78, 5) is 64.8. The summed E-state index contributed by atoms with van der Waals surface area (Å²) in [5.41, 5.74) is -0.608. The Hall–Kier alpha value is -2.63. The lowest BCUT2D eigenvalue weighted by Crippen LogP contribution is -2.45. The van der Waals surface area contributed by atoms with Crippen LogP contribution in [-0.4, -0.2) is 67.9 Å². The van der Waals surface area contributed by atoms with Crippen molar-refractivity contribution in [2.75, 3.05) is 13.2 Å². The van der Waals surface area contributed by atoms with Gasteiger partial charge in [0.2, 0.25) is 0 Å². The molecule has 1 aliphatic rings. The molecule has 11 nitrogen and oxygen atoms in total. The first-order chi connectivity index (χ1) is 15.2. The third kappa shape index (κ3) is 12.3. The van der Waals surface area contributed by atoms with E-state index in [1.165, 1.54) is 0 Å². The lowest BCUT2D eigenvalue weighted by molar-refractivity contribution is -0.199. The Morgan fingerprint density at radius 1 is 1.03 bits per heavy atom. The predicted molar refractivity (Wildman–Crippen MR) is 122 cm³/mol. The third-order valence-electron chi connectivity index (χ3n) is 4.44. The molecule has 0 spiro atoms. The molecule has 0 aliphatic carbocycles. The minimum atomic E-state index is -1.40. The van der Waals surface area contributed by atoms with E-state index in [1.54, 1.807) is 20.8 Å². The average Bonchev–Trinajstić information content (AvgIpc) is 2.96. The molecule has 0 aromatic rings. The number of rotatable bonds is 11. The van der Waals surface area contributed by atoms with Crippen LogP contribution < -0.4 is 10.6 Å². The molecule has 33 heavy (non-hydrogen) atoms. The average molecular weight is 488 g/mol. The van der Waals surface area contributed by atoms with Crippen molar-refractivity contribution in [3.8, 4) is 0 Å². The van der Waals surface area contributed by atoms with E-state index in [0.29, 0.717) is 24.4 Å². The van der Waals surface area contributed by atoms with Gasteiger partial charge in [-0.05, 0) is 46.1 Å². The Morgan fingerprint density at radius 2 is 1.64 bits per heavy atom. The molecular weight excluding hydrogens is 450 g/mol. The fourth-order valence-electron chi connectivity index (χ4n) is 2.67. The summed E-state index contributed by atoms with van der Waals surface area (Å²) in [6.45, 7) is 12.2. The molecule has 4 amide bonds. The van der Waals surface area contributed by atoms with Gasteiger partial charge in [-0.1, -0.05) is 19.6 Å². The maximum Gasteiger partial charge on any atom is 0.407 e. The second-order valence-electron chi connectivity index (χ2n) is 10.1. The quantitative estimate of drug-likeness (QED) is 0.257. The van der Waals surface area contributed by atoms with Crippen LogP contribution in [0.4, 0.5) is 9.59 Å². The minimum absolute atomic E-state index is 0.0285. The van der Waals surface area contributed by atoms with Crippen molar-refractivity contribution in [1.82, 2.24) is 15.7 Å². The fourth-order valence-corrected chi connectivity index (χ4v) is 3.39. The third-order valence-corrected chi connectivity index (χ3v) is 6.14. The number of nitrogens with zero attached hydrogens (tertiary/aromatic N) is 1. The Morgan fingerprint density at radius 3 is 2.18 bits per heavy atom. The fraction of sp³-hybridized carbons (Fsp3) is 0.762. The van der Waals surface area contributed by atoms with E-state index in [1.807, 2.05) is 0 Å². The van der Waals surface area contributed by atoms with E-state index in [2.05, 4.69) is 30.3 Å². The predicted octanol–water partition coefficient (Wildman–Crippen LogP) is 2.72. The van der Waals surface area contributed by atoms with Gasteiger partial charge in [0, 0.05) is 27.5 Å². The van der Waals surface area contributed by atoms with Crippen LogP contribution in [0.3, 0.4) is 0 Å².